The molecule has 0 fully saturated rings. The van der Waals surface area contributed by atoms with Gasteiger partial charge in [0.15, 0.2) is 5.16 Å². The molecule has 0 N–H and O–H groups in total. The summed E-state index contributed by atoms with van der Waals surface area (Å²) >= 11 is 7.25. The molecule has 0 aliphatic heterocycles. The van der Waals surface area contributed by atoms with Gasteiger partial charge in [-0.15, -0.1) is 0 Å². The molecular weight excluding hydrogens is 400 g/mol. The van der Waals surface area contributed by atoms with E-state index in [1.54, 1.807) is 43.5 Å². The van der Waals surface area contributed by atoms with Gasteiger partial charge in [-0.3, -0.25) is 14.2 Å². The summed E-state index contributed by atoms with van der Waals surface area (Å²) in [6, 6.07) is 8.50. The van der Waals surface area contributed by atoms with Crippen LogP contribution in [0.1, 0.15) is 32.4 Å². The van der Waals surface area contributed by atoms with Crippen molar-refractivity contribution in [3.8, 4) is 0 Å². The van der Waals surface area contributed by atoms with Crippen LogP contribution in [0.2, 0.25) is 5.02 Å². The number of halogens is 1. The van der Waals surface area contributed by atoms with Crippen LogP contribution in [0.3, 0.4) is 0 Å². The van der Waals surface area contributed by atoms with Crippen molar-refractivity contribution in [1.82, 2.24) is 9.55 Å². The van der Waals surface area contributed by atoms with Crippen molar-refractivity contribution < 1.29 is 13.9 Å². The van der Waals surface area contributed by atoms with E-state index in [-0.39, 0.29) is 18.1 Å². The van der Waals surface area contributed by atoms with E-state index in [2.05, 4.69) is 4.98 Å². The normalized spacial score (nSPS) is 12.2. The van der Waals surface area contributed by atoms with E-state index in [9.17, 15) is 9.59 Å². The van der Waals surface area contributed by atoms with Crippen molar-refractivity contribution in [3.63, 3.8) is 0 Å². The van der Waals surface area contributed by atoms with Crippen LogP contribution in [-0.4, -0.2) is 27.4 Å². The molecule has 148 valence electrons. The number of ether oxygens (including phenoxy) is 1. The zero-order valence-electron chi connectivity index (χ0n) is 15.7. The zero-order chi connectivity index (χ0) is 20.1. The highest BCUT2D eigenvalue weighted by Gasteiger charge is 2.21. The number of unbranched alkanes of at least 4 members (excludes halogenated alkanes) is 1. The first-order valence-electron chi connectivity index (χ1n) is 9.05. The third-order valence-electron chi connectivity index (χ3n) is 4.13. The average molecular weight is 421 g/mol. The number of aromatic nitrogens is 2. The predicted octanol–water partition coefficient (Wildman–Crippen LogP) is 4.52. The molecule has 0 radical (unpaired) electrons. The number of rotatable bonds is 8. The Labute approximate surface area is 171 Å². The second-order valence-electron chi connectivity index (χ2n) is 6.31. The Hall–Kier alpha value is -2.25. The quantitative estimate of drug-likeness (QED) is 0.231. The molecule has 0 spiro atoms. The summed E-state index contributed by atoms with van der Waals surface area (Å²) in [5.41, 5.74) is 0.273. The van der Waals surface area contributed by atoms with Gasteiger partial charge in [0.05, 0.1) is 30.3 Å². The van der Waals surface area contributed by atoms with Crippen LogP contribution in [0.25, 0.3) is 10.9 Å². The van der Waals surface area contributed by atoms with Gasteiger partial charge in [0, 0.05) is 5.02 Å². The molecule has 0 saturated heterocycles. The lowest BCUT2D eigenvalue weighted by molar-refractivity contribution is -0.142. The van der Waals surface area contributed by atoms with Crippen LogP contribution >= 0.6 is 23.4 Å². The van der Waals surface area contributed by atoms with Gasteiger partial charge in [-0.2, -0.15) is 0 Å². The smallest absolute Gasteiger partial charge is 0.319 e. The third kappa shape index (κ3) is 4.77. The highest BCUT2D eigenvalue weighted by molar-refractivity contribution is 8.00. The molecular formula is C20H21ClN2O4S. The van der Waals surface area contributed by atoms with Crippen molar-refractivity contribution in [2.45, 2.75) is 43.6 Å². The summed E-state index contributed by atoms with van der Waals surface area (Å²) in [5.74, 6) is 0.292. The summed E-state index contributed by atoms with van der Waals surface area (Å²) in [7, 11) is 0. The number of benzene rings is 1. The predicted molar refractivity (Wildman–Crippen MR) is 110 cm³/mol. The van der Waals surface area contributed by atoms with Crippen molar-refractivity contribution in [2.75, 3.05) is 6.61 Å². The first-order valence-corrected chi connectivity index (χ1v) is 10.3. The number of carbonyl (C=O) groups excluding carboxylic acids is 1. The van der Waals surface area contributed by atoms with Crippen LogP contribution in [0.5, 0.6) is 0 Å². The Bertz CT molecular complexity index is 1020. The molecule has 8 heteroatoms. The molecule has 1 unspecified atom stereocenters. The summed E-state index contributed by atoms with van der Waals surface area (Å²) in [6.45, 7) is 4.38. The number of esters is 1. The standard InChI is InChI=1S/C20H21ClN2O4S/c1-3-4-9-27-19(25)13(2)28-20-22-17-11-14(21)7-8-16(17)18(24)23(20)12-15-6-5-10-26-15/h5-8,10-11,13H,3-4,9,12H2,1-2H3. The Kier molecular flexibility index (Phi) is 6.80. The number of furan rings is 1. The molecule has 1 atom stereocenters. The molecule has 3 rings (SSSR count). The van der Waals surface area contributed by atoms with Crippen molar-refractivity contribution in [2.24, 2.45) is 0 Å². The summed E-state index contributed by atoms with van der Waals surface area (Å²) in [5, 5.41) is 0.851. The fraction of sp³-hybridized carbons (Fsp3) is 0.350. The second kappa shape index (κ2) is 9.30. The lowest BCUT2D eigenvalue weighted by Gasteiger charge is -2.15. The van der Waals surface area contributed by atoms with Crippen LogP contribution < -0.4 is 5.56 Å². The van der Waals surface area contributed by atoms with E-state index >= 15 is 0 Å². The Morgan fingerprint density at radius 1 is 1.39 bits per heavy atom. The first kappa shape index (κ1) is 20.5. The third-order valence-corrected chi connectivity index (χ3v) is 5.44. The molecule has 0 amide bonds. The molecule has 2 aromatic heterocycles. The Balaban J connectivity index is 1.96. The van der Waals surface area contributed by atoms with Gasteiger partial charge in [-0.25, -0.2) is 4.98 Å². The highest BCUT2D eigenvalue weighted by atomic mass is 35.5. The molecule has 3 aromatic rings. The zero-order valence-corrected chi connectivity index (χ0v) is 17.3. The fourth-order valence-electron chi connectivity index (χ4n) is 2.60. The van der Waals surface area contributed by atoms with Crippen molar-refractivity contribution >= 4 is 40.2 Å². The van der Waals surface area contributed by atoms with Gasteiger partial charge in [0.25, 0.3) is 5.56 Å². The number of fused-ring (bicyclic) bond motifs is 1. The molecule has 2 heterocycles. The molecule has 0 aliphatic carbocycles. The highest BCUT2D eigenvalue weighted by Crippen LogP contribution is 2.25. The van der Waals surface area contributed by atoms with E-state index in [0.29, 0.717) is 33.4 Å². The number of nitrogens with zero attached hydrogens (tertiary/aromatic N) is 2. The van der Waals surface area contributed by atoms with Crippen LogP contribution in [0.15, 0.2) is 51.0 Å². The van der Waals surface area contributed by atoms with Crippen molar-refractivity contribution in [3.05, 3.63) is 57.7 Å². The lowest BCUT2D eigenvalue weighted by Crippen LogP contribution is -2.26. The maximum atomic E-state index is 13.1. The molecule has 0 aliphatic rings. The Morgan fingerprint density at radius 2 is 2.21 bits per heavy atom. The van der Waals surface area contributed by atoms with Crippen LogP contribution in [-0.2, 0) is 16.1 Å². The molecule has 28 heavy (non-hydrogen) atoms. The van der Waals surface area contributed by atoms with Gasteiger partial charge in [0.1, 0.15) is 11.0 Å². The maximum absolute atomic E-state index is 13.1. The van der Waals surface area contributed by atoms with E-state index in [1.165, 1.54) is 16.3 Å². The molecule has 6 nitrogen and oxygen atoms in total. The lowest BCUT2D eigenvalue weighted by atomic mass is 10.2. The Morgan fingerprint density at radius 3 is 2.93 bits per heavy atom. The van der Waals surface area contributed by atoms with Gasteiger partial charge in [-0.1, -0.05) is 36.7 Å². The number of thioether (sulfide) groups is 1. The monoisotopic (exact) mass is 420 g/mol. The van der Waals surface area contributed by atoms with E-state index < -0.39 is 5.25 Å². The van der Waals surface area contributed by atoms with Crippen LogP contribution in [0.4, 0.5) is 0 Å². The molecule has 0 bridgehead atoms. The topological polar surface area (TPSA) is 74.3 Å². The molecule has 0 saturated carbocycles. The largest absolute Gasteiger partial charge is 0.467 e. The minimum atomic E-state index is -0.511. The van der Waals surface area contributed by atoms with E-state index in [0.717, 1.165) is 12.8 Å². The van der Waals surface area contributed by atoms with Crippen LogP contribution in [0, 0.1) is 0 Å². The number of hydrogen-bond acceptors (Lipinski definition) is 6. The van der Waals surface area contributed by atoms with E-state index in [4.69, 9.17) is 20.8 Å². The first-order chi connectivity index (χ1) is 13.5. The van der Waals surface area contributed by atoms with Gasteiger partial charge >= 0.3 is 5.97 Å². The van der Waals surface area contributed by atoms with Gasteiger partial charge < -0.3 is 9.15 Å². The van der Waals surface area contributed by atoms with Crippen molar-refractivity contribution in [1.29, 1.82) is 0 Å². The second-order valence-corrected chi connectivity index (χ2v) is 8.05. The SMILES string of the molecule is CCCCOC(=O)C(C)Sc1nc2cc(Cl)ccc2c(=O)n1Cc1ccco1. The maximum Gasteiger partial charge on any atom is 0.319 e. The summed E-state index contributed by atoms with van der Waals surface area (Å²) < 4.78 is 12.2. The number of hydrogen-bond donors (Lipinski definition) is 0. The fourth-order valence-corrected chi connectivity index (χ4v) is 3.67. The average Bonchev–Trinajstić information content (AvgIpc) is 3.18. The summed E-state index contributed by atoms with van der Waals surface area (Å²) in [4.78, 5) is 29.9. The molecule has 1 aromatic carbocycles. The van der Waals surface area contributed by atoms with E-state index in [1.807, 2.05) is 6.92 Å². The minimum Gasteiger partial charge on any atom is -0.467 e. The minimum absolute atomic E-state index is 0.216. The van der Waals surface area contributed by atoms with Gasteiger partial charge in [0.2, 0.25) is 0 Å². The summed E-state index contributed by atoms with van der Waals surface area (Å²) in [6.07, 6.45) is 3.32. The number of carbonyl (C=O) groups is 1. The van der Waals surface area contributed by atoms with Gasteiger partial charge in [-0.05, 0) is 43.7 Å².